The highest BCUT2D eigenvalue weighted by atomic mass is 16.5. The molecule has 0 bridgehead atoms. The largest absolute Gasteiger partial charge is 0.492 e. The summed E-state index contributed by atoms with van der Waals surface area (Å²) in [6.07, 6.45) is 0. The van der Waals surface area contributed by atoms with Gasteiger partial charge in [-0.15, -0.1) is 0 Å². The van der Waals surface area contributed by atoms with E-state index < -0.39 is 11.6 Å². The van der Waals surface area contributed by atoms with Crippen molar-refractivity contribution < 1.29 is 19.4 Å². The van der Waals surface area contributed by atoms with Crippen LogP contribution in [0.1, 0.15) is 13.8 Å². The van der Waals surface area contributed by atoms with Gasteiger partial charge in [-0.05, 0) is 26.0 Å². The second-order valence-corrected chi connectivity index (χ2v) is 4.67. The maximum Gasteiger partial charge on any atom is 0.319 e. The number of methoxy groups -OCH3 is 1. The van der Waals surface area contributed by atoms with Crippen LogP contribution in [0.3, 0.4) is 0 Å². The Bertz CT molecular complexity index is 435. The molecule has 0 fully saturated rings. The Balaban J connectivity index is 2.54. The van der Waals surface area contributed by atoms with Crippen molar-refractivity contribution in [2.24, 2.45) is 0 Å². The molecule has 1 aromatic rings. The summed E-state index contributed by atoms with van der Waals surface area (Å²) in [5.41, 5.74) is -0.524. The first-order valence-corrected chi connectivity index (χ1v) is 6.46. The number of aliphatic hydroxyl groups is 1. The first kappa shape index (κ1) is 16.3. The third-order valence-corrected chi connectivity index (χ3v) is 2.52. The van der Waals surface area contributed by atoms with Gasteiger partial charge >= 0.3 is 6.03 Å². The normalized spacial score (nSPS) is 13.4. The molecule has 0 spiro atoms. The van der Waals surface area contributed by atoms with Crippen LogP contribution >= 0.6 is 0 Å². The summed E-state index contributed by atoms with van der Waals surface area (Å²) < 4.78 is 10.3. The van der Waals surface area contributed by atoms with Crippen molar-refractivity contribution in [1.29, 1.82) is 0 Å². The Kier molecular flexibility index (Phi) is 6.27. The van der Waals surface area contributed by atoms with Crippen LogP contribution in [0.15, 0.2) is 24.3 Å². The van der Waals surface area contributed by atoms with Crippen molar-refractivity contribution >= 4 is 11.7 Å². The number of rotatable bonds is 7. The molecule has 1 aromatic carbocycles. The molecule has 0 aromatic heterocycles. The highest BCUT2D eigenvalue weighted by molar-refractivity contribution is 5.90. The highest BCUT2D eigenvalue weighted by Crippen LogP contribution is 2.23. The molecule has 20 heavy (non-hydrogen) atoms. The van der Waals surface area contributed by atoms with Crippen molar-refractivity contribution in [3.05, 3.63) is 24.3 Å². The molecule has 0 aliphatic carbocycles. The predicted molar refractivity (Wildman–Crippen MR) is 77.1 cm³/mol. The fourth-order valence-corrected chi connectivity index (χ4v) is 1.65. The van der Waals surface area contributed by atoms with Crippen LogP contribution in [0, 0.1) is 0 Å². The summed E-state index contributed by atoms with van der Waals surface area (Å²) >= 11 is 0. The number of para-hydroxylation sites is 2. The van der Waals surface area contributed by atoms with E-state index in [4.69, 9.17) is 9.47 Å². The number of carbonyl (C=O) groups is 1. The number of hydrogen-bond acceptors (Lipinski definition) is 4. The SMILES string of the molecule is CCOc1ccccc1NC(=O)NCC(C)(O)COC. The molecule has 0 saturated carbocycles. The zero-order valence-electron chi connectivity index (χ0n) is 12.1. The fraction of sp³-hybridized carbons (Fsp3) is 0.500. The second kappa shape index (κ2) is 7.72. The summed E-state index contributed by atoms with van der Waals surface area (Å²) in [7, 11) is 1.49. The van der Waals surface area contributed by atoms with Gasteiger partial charge in [0.1, 0.15) is 11.4 Å². The minimum atomic E-state index is -1.11. The van der Waals surface area contributed by atoms with Gasteiger partial charge in [0.25, 0.3) is 0 Å². The third-order valence-electron chi connectivity index (χ3n) is 2.52. The van der Waals surface area contributed by atoms with Crippen molar-refractivity contribution in [2.45, 2.75) is 19.4 Å². The first-order valence-electron chi connectivity index (χ1n) is 6.46. The molecule has 2 amide bonds. The second-order valence-electron chi connectivity index (χ2n) is 4.67. The first-order chi connectivity index (χ1) is 9.48. The Morgan fingerprint density at radius 3 is 2.75 bits per heavy atom. The lowest BCUT2D eigenvalue weighted by molar-refractivity contribution is -0.0133. The summed E-state index contributed by atoms with van der Waals surface area (Å²) in [5.74, 6) is 0.605. The predicted octanol–water partition coefficient (Wildman–Crippen LogP) is 1.60. The van der Waals surface area contributed by atoms with E-state index in [-0.39, 0.29) is 13.2 Å². The molecule has 3 N–H and O–H groups in total. The maximum atomic E-state index is 11.8. The Morgan fingerprint density at radius 1 is 1.40 bits per heavy atom. The molecule has 0 saturated heterocycles. The molecular formula is C14H22N2O4. The van der Waals surface area contributed by atoms with Gasteiger partial charge in [0.05, 0.1) is 25.4 Å². The number of urea groups is 1. The van der Waals surface area contributed by atoms with Crippen molar-refractivity contribution in [2.75, 3.05) is 32.2 Å². The van der Waals surface area contributed by atoms with Gasteiger partial charge < -0.3 is 25.2 Å². The van der Waals surface area contributed by atoms with Gasteiger partial charge in [-0.2, -0.15) is 0 Å². The average Bonchev–Trinajstić information content (AvgIpc) is 2.39. The van der Waals surface area contributed by atoms with Gasteiger partial charge in [0.2, 0.25) is 0 Å². The Labute approximate surface area is 119 Å². The van der Waals surface area contributed by atoms with Crippen LogP contribution in [0.25, 0.3) is 0 Å². The van der Waals surface area contributed by atoms with Crippen LogP contribution in [0.2, 0.25) is 0 Å². The van der Waals surface area contributed by atoms with E-state index in [1.165, 1.54) is 7.11 Å². The molecular weight excluding hydrogens is 260 g/mol. The summed E-state index contributed by atoms with van der Waals surface area (Å²) in [4.78, 5) is 11.8. The van der Waals surface area contributed by atoms with E-state index in [9.17, 15) is 9.90 Å². The van der Waals surface area contributed by atoms with Gasteiger partial charge in [0.15, 0.2) is 0 Å². The number of hydrogen-bond donors (Lipinski definition) is 3. The van der Waals surface area contributed by atoms with Crippen molar-refractivity contribution in [3.8, 4) is 5.75 Å². The molecule has 1 rings (SSSR count). The molecule has 1 atom stereocenters. The van der Waals surface area contributed by atoms with Gasteiger partial charge in [-0.1, -0.05) is 12.1 Å². The van der Waals surface area contributed by atoms with Crippen LogP contribution < -0.4 is 15.4 Å². The lowest BCUT2D eigenvalue weighted by Crippen LogP contribution is -2.45. The van der Waals surface area contributed by atoms with Gasteiger partial charge in [-0.3, -0.25) is 0 Å². The maximum absolute atomic E-state index is 11.8. The van der Waals surface area contributed by atoms with Crippen molar-refractivity contribution in [1.82, 2.24) is 5.32 Å². The molecule has 6 heteroatoms. The van der Waals surface area contributed by atoms with E-state index in [0.717, 1.165) is 0 Å². The standard InChI is InChI=1S/C14H22N2O4/c1-4-20-12-8-6-5-7-11(12)16-13(17)15-9-14(2,18)10-19-3/h5-8,18H,4,9-10H2,1-3H3,(H2,15,16,17). The van der Waals surface area contributed by atoms with E-state index in [1.807, 2.05) is 13.0 Å². The quantitative estimate of drug-likeness (QED) is 0.709. The molecule has 0 aliphatic rings. The van der Waals surface area contributed by atoms with Crippen LogP contribution in [0.5, 0.6) is 5.75 Å². The fourth-order valence-electron chi connectivity index (χ4n) is 1.65. The van der Waals surface area contributed by atoms with E-state index >= 15 is 0 Å². The van der Waals surface area contributed by atoms with Gasteiger partial charge in [0, 0.05) is 7.11 Å². The third kappa shape index (κ3) is 5.46. The van der Waals surface area contributed by atoms with Gasteiger partial charge in [-0.25, -0.2) is 4.79 Å². The monoisotopic (exact) mass is 282 g/mol. The number of ether oxygens (including phenoxy) is 2. The number of amides is 2. The molecule has 6 nitrogen and oxygen atoms in total. The average molecular weight is 282 g/mol. The molecule has 0 aliphatic heterocycles. The van der Waals surface area contributed by atoms with E-state index in [1.54, 1.807) is 25.1 Å². The highest BCUT2D eigenvalue weighted by Gasteiger charge is 2.21. The summed E-state index contributed by atoms with van der Waals surface area (Å²) in [5, 5.41) is 15.1. The zero-order valence-corrected chi connectivity index (χ0v) is 12.1. The number of nitrogens with one attached hydrogen (secondary N) is 2. The molecule has 0 heterocycles. The number of benzene rings is 1. The topological polar surface area (TPSA) is 79.8 Å². The minimum absolute atomic E-state index is 0.0868. The minimum Gasteiger partial charge on any atom is -0.492 e. The number of anilines is 1. The molecule has 112 valence electrons. The smallest absolute Gasteiger partial charge is 0.319 e. The molecule has 0 radical (unpaired) electrons. The molecule has 1 unspecified atom stereocenters. The lowest BCUT2D eigenvalue weighted by atomic mass is 10.1. The Morgan fingerprint density at radius 2 is 2.10 bits per heavy atom. The summed E-state index contributed by atoms with van der Waals surface area (Å²) in [6.45, 7) is 4.21. The Hall–Kier alpha value is -1.79. The lowest BCUT2D eigenvalue weighted by Gasteiger charge is -2.22. The van der Waals surface area contributed by atoms with Crippen LogP contribution in [-0.4, -0.2) is 43.6 Å². The van der Waals surface area contributed by atoms with E-state index in [0.29, 0.717) is 18.0 Å². The summed E-state index contributed by atoms with van der Waals surface area (Å²) in [6, 6.07) is 6.75. The zero-order chi connectivity index (χ0) is 15.0. The van der Waals surface area contributed by atoms with Crippen molar-refractivity contribution in [3.63, 3.8) is 0 Å². The van der Waals surface area contributed by atoms with E-state index in [2.05, 4.69) is 10.6 Å². The van der Waals surface area contributed by atoms with Crippen LogP contribution in [-0.2, 0) is 4.74 Å². The number of carbonyl (C=O) groups excluding carboxylic acids is 1. The van der Waals surface area contributed by atoms with Crippen LogP contribution in [0.4, 0.5) is 10.5 Å².